The summed E-state index contributed by atoms with van der Waals surface area (Å²) in [6.45, 7) is 3.97. The molecule has 1 fully saturated rings. The molecule has 1 unspecified atom stereocenters. The van der Waals surface area contributed by atoms with Gasteiger partial charge in [0.15, 0.2) is 0 Å². The van der Waals surface area contributed by atoms with Crippen LogP contribution in [0.3, 0.4) is 0 Å². The Kier molecular flexibility index (Phi) is 0.682. The van der Waals surface area contributed by atoms with Crippen molar-refractivity contribution in [1.82, 2.24) is 0 Å². The minimum absolute atomic E-state index is 0.956. The van der Waals surface area contributed by atoms with Gasteiger partial charge in [-0.05, 0) is 30.8 Å². The van der Waals surface area contributed by atoms with Crippen molar-refractivity contribution < 1.29 is 0 Å². The van der Waals surface area contributed by atoms with Crippen LogP contribution in [0.1, 0.15) is 19.3 Å². The van der Waals surface area contributed by atoms with Gasteiger partial charge in [-0.1, -0.05) is 18.2 Å². The van der Waals surface area contributed by atoms with Gasteiger partial charge in [0.05, 0.1) is 0 Å². The van der Waals surface area contributed by atoms with Gasteiger partial charge in [0.1, 0.15) is 0 Å². The van der Waals surface area contributed by atoms with Gasteiger partial charge < -0.3 is 0 Å². The SMILES string of the molecule is C=C1CC2CC=C1C2. The quantitative estimate of drug-likeness (QED) is 0.444. The summed E-state index contributed by atoms with van der Waals surface area (Å²) in [5.41, 5.74) is 2.95. The van der Waals surface area contributed by atoms with Gasteiger partial charge in [-0.3, -0.25) is 0 Å². The molecule has 2 aliphatic carbocycles. The standard InChI is InChI=1S/C8H10/c1-6-4-7-2-3-8(6)5-7/h3,7H,1-2,4-5H2. The Hall–Kier alpha value is -0.520. The Morgan fingerprint density at radius 2 is 2.38 bits per heavy atom. The van der Waals surface area contributed by atoms with Crippen LogP contribution < -0.4 is 0 Å². The molecule has 0 nitrogen and oxygen atoms in total. The van der Waals surface area contributed by atoms with Crippen LogP contribution in [0.4, 0.5) is 0 Å². The van der Waals surface area contributed by atoms with E-state index >= 15 is 0 Å². The third-order valence-electron chi connectivity index (χ3n) is 2.20. The topological polar surface area (TPSA) is 0 Å². The van der Waals surface area contributed by atoms with Gasteiger partial charge in [-0.2, -0.15) is 0 Å². The van der Waals surface area contributed by atoms with Crippen molar-refractivity contribution >= 4 is 0 Å². The minimum atomic E-state index is 0.956. The molecule has 2 bridgehead atoms. The number of rotatable bonds is 0. The Bertz CT molecular complexity index is 161. The highest BCUT2D eigenvalue weighted by Crippen LogP contribution is 2.42. The zero-order valence-electron chi connectivity index (χ0n) is 4.98. The van der Waals surface area contributed by atoms with Crippen LogP contribution in [0.5, 0.6) is 0 Å². The molecule has 42 valence electrons. The second-order valence-electron chi connectivity index (χ2n) is 2.84. The molecule has 0 N–H and O–H groups in total. The maximum atomic E-state index is 3.97. The second-order valence-corrected chi connectivity index (χ2v) is 2.84. The molecular formula is C8H10. The van der Waals surface area contributed by atoms with Gasteiger partial charge in [-0.25, -0.2) is 0 Å². The lowest BCUT2D eigenvalue weighted by molar-refractivity contribution is 0.604. The molecule has 0 aromatic rings. The Morgan fingerprint density at radius 3 is 2.62 bits per heavy atom. The van der Waals surface area contributed by atoms with Gasteiger partial charge in [-0.15, -0.1) is 0 Å². The fraction of sp³-hybridized carbons (Fsp3) is 0.500. The van der Waals surface area contributed by atoms with Crippen molar-refractivity contribution in [2.24, 2.45) is 5.92 Å². The summed E-state index contributed by atoms with van der Waals surface area (Å²) < 4.78 is 0. The number of hydrogen-bond donors (Lipinski definition) is 0. The number of fused-ring (bicyclic) bond motifs is 2. The van der Waals surface area contributed by atoms with Crippen LogP contribution in [0, 0.1) is 5.92 Å². The van der Waals surface area contributed by atoms with Crippen LogP contribution >= 0.6 is 0 Å². The number of allylic oxidation sites excluding steroid dienone is 3. The molecule has 0 spiro atoms. The maximum absolute atomic E-state index is 3.97. The first-order valence-corrected chi connectivity index (χ1v) is 3.23. The average molecular weight is 106 g/mol. The average Bonchev–Trinajstić information content (AvgIpc) is 2.23. The van der Waals surface area contributed by atoms with E-state index in [0.717, 1.165) is 5.92 Å². The van der Waals surface area contributed by atoms with Gasteiger partial charge in [0.25, 0.3) is 0 Å². The smallest absolute Gasteiger partial charge is 0.0245 e. The first-order valence-electron chi connectivity index (χ1n) is 3.23. The lowest BCUT2D eigenvalue weighted by atomic mass is 10.0. The molecule has 0 heterocycles. The van der Waals surface area contributed by atoms with E-state index in [2.05, 4.69) is 12.7 Å². The monoisotopic (exact) mass is 106 g/mol. The molecule has 8 heavy (non-hydrogen) atoms. The van der Waals surface area contributed by atoms with Crippen LogP contribution in [-0.4, -0.2) is 0 Å². The van der Waals surface area contributed by atoms with E-state index in [1.54, 1.807) is 5.57 Å². The predicted octanol–water partition coefficient (Wildman–Crippen LogP) is 2.28. The molecule has 1 atom stereocenters. The molecule has 0 aliphatic heterocycles. The zero-order chi connectivity index (χ0) is 5.56. The van der Waals surface area contributed by atoms with E-state index < -0.39 is 0 Å². The Labute approximate surface area is 49.9 Å². The lowest BCUT2D eigenvalue weighted by Crippen LogP contribution is -1.87. The van der Waals surface area contributed by atoms with Crippen molar-refractivity contribution in [2.75, 3.05) is 0 Å². The summed E-state index contributed by atoms with van der Waals surface area (Å²) in [4.78, 5) is 0. The molecule has 0 amide bonds. The highest BCUT2D eigenvalue weighted by atomic mass is 14.3. The summed E-state index contributed by atoms with van der Waals surface area (Å²) in [6, 6.07) is 0. The van der Waals surface area contributed by atoms with E-state index in [0.29, 0.717) is 0 Å². The van der Waals surface area contributed by atoms with Crippen molar-refractivity contribution in [3.8, 4) is 0 Å². The van der Waals surface area contributed by atoms with Crippen molar-refractivity contribution in [3.63, 3.8) is 0 Å². The zero-order valence-corrected chi connectivity index (χ0v) is 4.98. The molecule has 2 rings (SSSR count). The fourth-order valence-corrected chi connectivity index (χ4v) is 1.71. The summed E-state index contributed by atoms with van der Waals surface area (Å²) in [6.07, 6.45) is 6.29. The Morgan fingerprint density at radius 1 is 1.50 bits per heavy atom. The maximum Gasteiger partial charge on any atom is -0.0245 e. The predicted molar refractivity (Wildman–Crippen MR) is 34.6 cm³/mol. The molecule has 0 aromatic carbocycles. The van der Waals surface area contributed by atoms with E-state index in [-0.39, 0.29) is 0 Å². The summed E-state index contributed by atoms with van der Waals surface area (Å²) >= 11 is 0. The van der Waals surface area contributed by atoms with Crippen LogP contribution in [0.2, 0.25) is 0 Å². The van der Waals surface area contributed by atoms with Crippen LogP contribution in [0.25, 0.3) is 0 Å². The largest absolute Gasteiger partial charge is 0.0956 e. The highest BCUT2D eigenvalue weighted by molar-refractivity contribution is 5.37. The third-order valence-corrected chi connectivity index (χ3v) is 2.20. The van der Waals surface area contributed by atoms with Crippen molar-refractivity contribution in [3.05, 3.63) is 23.8 Å². The van der Waals surface area contributed by atoms with E-state index in [9.17, 15) is 0 Å². The van der Waals surface area contributed by atoms with Crippen LogP contribution in [0.15, 0.2) is 23.8 Å². The van der Waals surface area contributed by atoms with Gasteiger partial charge >= 0.3 is 0 Å². The van der Waals surface area contributed by atoms with Crippen molar-refractivity contribution in [2.45, 2.75) is 19.3 Å². The van der Waals surface area contributed by atoms with E-state index in [1.165, 1.54) is 24.8 Å². The third kappa shape index (κ3) is 0.405. The molecular weight excluding hydrogens is 96.1 g/mol. The summed E-state index contributed by atoms with van der Waals surface area (Å²) in [5.74, 6) is 0.956. The Balaban J connectivity index is 2.40. The highest BCUT2D eigenvalue weighted by Gasteiger charge is 2.26. The minimum Gasteiger partial charge on any atom is -0.0956 e. The molecule has 0 heteroatoms. The summed E-state index contributed by atoms with van der Waals surface area (Å²) in [5, 5.41) is 0. The van der Waals surface area contributed by atoms with Gasteiger partial charge in [0, 0.05) is 0 Å². The van der Waals surface area contributed by atoms with Crippen molar-refractivity contribution in [1.29, 1.82) is 0 Å². The molecule has 2 aliphatic rings. The first kappa shape index (κ1) is 4.37. The number of hydrogen-bond acceptors (Lipinski definition) is 0. The molecule has 0 saturated heterocycles. The van der Waals surface area contributed by atoms with Crippen LogP contribution in [-0.2, 0) is 0 Å². The van der Waals surface area contributed by atoms with E-state index in [4.69, 9.17) is 0 Å². The first-order chi connectivity index (χ1) is 3.86. The molecule has 1 saturated carbocycles. The normalized spacial score (nSPS) is 33.8. The second kappa shape index (κ2) is 1.25. The van der Waals surface area contributed by atoms with Gasteiger partial charge in [0.2, 0.25) is 0 Å². The molecule has 0 radical (unpaired) electrons. The molecule has 0 aromatic heterocycles. The fourth-order valence-electron chi connectivity index (χ4n) is 1.71. The summed E-state index contributed by atoms with van der Waals surface area (Å²) in [7, 11) is 0. The lowest BCUT2D eigenvalue weighted by Gasteiger charge is -2.02. The van der Waals surface area contributed by atoms with E-state index in [1.807, 2.05) is 0 Å².